The van der Waals surface area contributed by atoms with Gasteiger partial charge in [-0.25, -0.2) is 15.0 Å². The zero-order valence-corrected chi connectivity index (χ0v) is 21.9. The third-order valence-corrected chi connectivity index (χ3v) is 11.3. The number of hydrogen-bond acceptors (Lipinski definition) is 8. The lowest BCUT2D eigenvalue weighted by Gasteiger charge is -2.43. The molecule has 4 rings (SSSR count). The van der Waals surface area contributed by atoms with Gasteiger partial charge in [0.05, 0.1) is 12.4 Å². The number of aliphatic hydroxyl groups excluding tert-OH is 1. The number of carbonyl (C=O) groups is 1. The van der Waals surface area contributed by atoms with Crippen molar-refractivity contribution in [1.82, 2.24) is 19.5 Å². The van der Waals surface area contributed by atoms with E-state index in [0.29, 0.717) is 16.7 Å². The lowest BCUT2D eigenvalue weighted by molar-refractivity contribution is -0.206. The van der Waals surface area contributed by atoms with E-state index in [9.17, 15) is 15.0 Å². The normalized spacial score (nSPS) is 24.0. The number of carbonyl (C=O) groups excluding carboxylic acids is 1. The fourth-order valence-corrected chi connectivity index (χ4v) is 5.35. The number of nitrogens with zero attached hydrogens (tertiary/aromatic N) is 4. The molecule has 0 saturated carbocycles. The van der Waals surface area contributed by atoms with Crippen molar-refractivity contribution in [3.63, 3.8) is 0 Å². The van der Waals surface area contributed by atoms with Crippen LogP contribution in [0, 0.1) is 0 Å². The van der Waals surface area contributed by atoms with Crippen LogP contribution in [0.5, 0.6) is 0 Å². The summed E-state index contributed by atoms with van der Waals surface area (Å²) in [5, 5.41) is 24.6. The van der Waals surface area contributed by atoms with Crippen LogP contribution in [-0.4, -0.2) is 62.0 Å². The Morgan fingerprint density at radius 3 is 2.57 bits per heavy atom. The average Bonchev–Trinajstić information content (AvgIpc) is 3.35. The highest BCUT2D eigenvalue weighted by molar-refractivity contribution is 6.74. The highest BCUT2D eigenvalue weighted by atomic mass is 28.4. The summed E-state index contributed by atoms with van der Waals surface area (Å²) in [6.07, 6.45) is 0.316. The summed E-state index contributed by atoms with van der Waals surface area (Å²) in [6.45, 7) is 11.9. The number of benzene rings is 1. The predicted molar refractivity (Wildman–Crippen MR) is 133 cm³/mol. The summed E-state index contributed by atoms with van der Waals surface area (Å²) in [5.74, 6) is -1.74. The van der Waals surface area contributed by atoms with Crippen molar-refractivity contribution in [3.8, 4) is 0 Å². The molecule has 35 heavy (non-hydrogen) atoms. The van der Waals surface area contributed by atoms with Crippen LogP contribution < -0.4 is 5.32 Å². The van der Waals surface area contributed by atoms with Gasteiger partial charge in [-0.15, -0.1) is 0 Å². The molecule has 1 aliphatic rings. The molecule has 1 aromatic carbocycles. The first kappa shape index (κ1) is 25.4. The van der Waals surface area contributed by atoms with Gasteiger partial charge in [0.2, 0.25) is 0 Å². The molecule has 10 nitrogen and oxygen atoms in total. The standard InChI is InChI=1S/C24H33N5O5Si/c1-15(30)19-24(32,34-35(5,6)23(2,3)4)12-17(33-19)29-14-27-18-20(25-13-26-21(18)29)28-22(31)16-10-8-7-9-11-16/h7-11,13-15,17,19,30,32H,12H2,1-6H3,(H,25,26,28,31)/t15?,17-,19-,24-/m1/s1. The molecule has 3 heterocycles. The number of amides is 1. The van der Waals surface area contributed by atoms with Gasteiger partial charge in [0.25, 0.3) is 5.91 Å². The largest absolute Gasteiger partial charge is 0.390 e. The Labute approximate surface area is 205 Å². The Bertz CT molecular complexity index is 1210. The number of aliphatic hydroxyl groups is 2. The van der Waals surface area contributed by atoms with Crippen LogP contribution >= 0.6 is 0 Å². The zero-order valence-electron chi connectivity index (χ0n) is 20.9. The molecule has 1 amide bonds. The van der Waals surface area contributed by atoms with Gasteiger partial charge in [0.1, 0.15) is 18.7 Å². The van der Waals surface area contributed by atoms with Crippen LogP contribution in [0.3, 0.4) is 0 Å². The molecule has 2 aromatic heterocycles. The van der Waals surface area contributed by atoms with E-state index in [1.807, 2.05) is 19.2 Å². The van der Waals surface area contributed by atoms with Gasteiger partial charge in [0, 0.05) is 12.0 Å². The summed E-state index contributed by atoms with van der Waals surface area (Å²) in [5.41, 5.74) is 1.30. The van der Waals surface area contributed by atoms with Crippen molar-refractivity contribution in [2.24, 2.45) is 0 Å². The van der Waals surface area contributed by atoms with E-state index in [2.05, 4.69) is 41.0 Å². The maximum absolute atomic E-state index is 12.6. The SMILES string of the molecule is CC(O)[C@H]1O[C@@H](n2cnc3c(NC(=O)c4ccccc4)ncnc32)C[C@@]1(O)O[Si](C)(C)C(C)(C)C. The fraction of sp³-hybridized carbons (Fsp3) is 0.500. The first-order valence-corrected chi connectivity index (χ1v) is 14.5. The van der Waals surface area contributed by atoms with Gasteiger partial charge < -0.3 is 24.7 Å². The number of hydrogen-bond donors (Lipinski definition) is 3. The molecule has 1 fully saturated rings. The van der Waals surface area contributed by atoms with Crippen LogP contribution in [0.4, 0.5) is 5.82 Å². The smallest absolute Gasteiger partial charge is 0.256 e. The molecule has 0 bridgehead atoms. The van der Waals surface area contributed by atoms with Crippen LogP contribution in [0.15, 0.2) is 43.0 Å². The summed E-state index contributed by atoms with van der Waals surface area (Å²) in [7, 11) is -2.40. The average molecular weight is 500 g/mol. The van der Waals surface area contributed by atoms with E-state index >= 15 is 0 Å². The highest BCUT2D eigenvalue weighted by Crippen LogP contribution is 2.46. The quantitative estimate of drug-likeness (QED) is 0.347. The fourth-order valence-electron chi connectivity index (χ4n) is 3.96. The van der Waals surface area contributed by atoms with Crippen molar-refractivity contribution < 1.29 is 24.2 Å². The van der Waals surface area contributed by atoms with Crippen molar-refractivity contribution in [2.75, 3.05) is 5.32 Å². The molecule has 1 aliphatic heterocycles. The topological polar surface area (TPSA) is 132 Å². The minimum atomic E-state index is -2.40. The number of imidazole rings is 1. The summed E-state index contributed by atoms with van der Waals surface area (Å²) in [4.78, 5) is 25.6. The number of ether oxygens (including phenoxy) is 1. The minimum Gasteiger partial charge on any atom is -0.390 e. The number of anilines is 1. The van der Waals surface area contributed by atoms with Gasteiger partial charge in [0.15, 0.2) is 31.1 Å². The van der Waals surface area contributed by atoms with E-state index in [4.69, 9.17) is 9.16 Å². The number of aromatic nitrogens is 4. The molecule has 1 saturated heterocycles. The van der Waals surface area contributed by atoms with Crippen LogP contribution in [0.25, 0.3) is 11.2 Å². The van der Waals surface area contributed by atoms with E-state index in [-0.39, 0.29) is 23.2 Å². The van der Waals surface area contributed by atoms with Gasteiger partial charge in [-0.2, -0.15) is 0 Å². The van der Waals surface area contributed by atoms with E-state index in [0.717, 1.165) is 0 Å². The van der Waals surface area contributed by atoms with Crippen molar-refractivity contribution >= 4 is 31.2 Å². The zero-order chi connectivity index (χ0) is 25.6. The Balaban J connectivity index is 1.63. The second-order valence-corrected chi connectivity index (χ2v) is 15.3. The summed E-state index contributed by atoms with van der Waals surface area (Å²) < 4.78 is 14.2. The van der Waals surface area contributed by atoms with Crippen molar-refractivity contribution in [3.05, 3.63) is 48.5 Å². The van der Waals surface area contributed by atoms with E-state index < -0.39 is 32.5 Å². The lowest BCUT2D eigenvalue weighted by Crippen LogP contribution is -2.55. The van der Waals surface area contributed by atoms with Gasteiger partial charge in [-0.3, -0.25) is 9.36 Å². The Morgan fingerprint density at radius 1 is 1.26 bits per heavy atom. The maximum atomic E-state index is 12.6. The van der Waals surface area contributed by atoms with Crippen LogP contribution in [-0.2, 0) is 9.16 Å². The molecule has 4 atom stereocenters. The molecule has 0 radical (unpaired) electrons. The second-order valence-electron chi connectivity index (χ2n) is 10.5. The highest BCUT2D eigenvalue weighted by Gasteiger charge is 2.56. The first-order chi connectivity index (χ1) is 16.3. The number of nitrogens with one attached hydrogen (secondary N) is 1. The van der Waals surface area contributed by atoms with Gasteiger partial charge in [-0.05, 0) is 37.2 Å². The summed E-state index contributed by atoms with van der Waals surface area (Å²) >= 11 is 0. The second kappa shape index (κ2) is 9.06. The monoisotopic (exact) mass is 499 g/mol. The number of fused-ring (bicyclic) bond motifs is 1. The molecule has 0 aliphatic carbocycles. The maximum Gasteiger partial charge on any atom is 0.256 e. The Hall–Kier alpha value is -2.70. The number of rotatable bonds is 6. The molecule has 3 aromatic rings. The predicted octanol–water partition coefficient (Wildman–Crippen LogP) is 3.46. The van der Waals surface area contributed by atoms with E-state index in [1.54, 1.807) is 35.8 Å². The first-order valence-electron chi connectivity index (χ1n) is 11.6. The van der Waals surface area contributed by atoms with Crippen LogP contribution in [0.1, 0.15) is 50.7 Å². The Morgan fingerprint density at radius 2 is 1.94 bits per heavy atom. The van der Waals surface area contributed by atoms with Crippen LogP contribution in [0.2, 0.25) is 18.1 Å². The lowest BCUT2D eigenvalue weighted by atomic mass is 10.1. The van der Waals surface area contributed by atoms with Crippen molar-refractivity contribution in [2.45, 2.75) is 76.5 Å². The van der Waals surface area contributed by atoms with Gasteiger partial charge >= 0.3 is 0 Å². The molecular formula is C24H33N5O5Si. The Kier molecular flexibility index (Phi) is 6.58. The molecule has 11 heteroatoms. The van der Waals surface area contributed by atoms with Crippen molar-refractivity contribution in [1.29, 1.82) is 0 Å². The molecular weight excluding hydrogens is 466 g/mol. The molecule has 0 spiro atoms. The van der Waals surface area contributed by atoms with E-state index in [1.165, 1.54) is 12.7 Å². The van der Waals surface area contributed by atoms with Gasteiger partial charge in [-0.1, -0.05) is 39.0 Å². The third kappa shape index (κ3) is 4.87. The molecule has 1 unspecified atom stereocenters. The summed E-state index contributed by atoms with van der Waals surface area (Å²) in [6, 6.07) is 8.81. The molecule has 3 N–H and O–H groups in total. The molecule has 188 valence electrons. The minimum absolute atomic E-state index is 0.0796. The third-order valence-electron chi connectivity index (χ3n) is 6.83.